The molecule has 1 aliphatic rings. The summed E-state index contributed by atoms with van der Waals surface area (Å²) in [5.41, 5.74) is 8.78. The Labute approximate surface area is 104 Å². The molecule has 0 bridgehead atoms. The van der Waals surface area contributed by atoms with Crippen molar-refractivity contribution < 1.29 is 4.74 Å². The zero-order chi connectivity index (χ0) is 12.3. The molecule has 0 aliphatic carbocycles. The van der Waals surface area contributed by atoms with Gasteiger partial charge in [-0.2, -0.15) is 0 Å². The summed E-state index contributed by atoms with van der Waals surface area (Å²) in [6.45, 7) is 4.67. The highest BCUT2D eigenvalue weighted by Crippen LogP contribution is 2.24. The van der Waals surface area contributed by atoms with Gasteiger partial charge in [0, 0.05) is 32.3 Å². The number of fused-ring (bicyclic) bond motifs is 1. The van der Waals surface area contributed by atoms with E-state index in [4.69, 9.17) is 10.5 Å². The summed E-state index contributed by atoms with van der Waals surface area (Å²) < 4.78 is 5.26. The van der Waals surface area contributed by atoms with E-state index in [0.717, 1.165) is 19.6 Å². The van der Waals surface area contributed by atoms with Crippen LogP contribution in [0.15, 0.2) is 24.3 Å². The monoisotopic (exact) mass is 234 g/mol. The highest BCUT2D eigenvalue weighted by Gasteiger charge is 2.28. The predicted molar refractivity (Wildman–Crippen MR) is 69.9 cm³/mol. The molecule has 2 unspecified atom stereocenters. The first-order valence-corrected chi connectivity index (χ1v) is 6.27. The van der Waals surface area contributed by atoms with Gasteiger partial charge in [-0.3, -0.25) is 4.90 Å². The molecule has 1 aromatic rings. The Balaban J connectivity index is 2.18. The Hall–Kier alpha value is -0.900. The van der Waals surface area contributed by atoms with Crippen LogP contribution in [0.4, 0.5) is 0 Å². The molecule has 0 amide bonds. The van der Waals surface area contributed by atoms with Gasteiger partial charge in [0.05, 0.1) is 6.61 Å². The number of hydrogen-bond acceptors (Lipinski definition) is 3. The van der Waals surface area contributed by atoms with Gasteiger partial charge in [-0.25, -0.2) is 0 Å². The Kier molecular flexibility index (Phi) is 4.15. The maximum atomic E-state index is 5.90. The number of methoxy groups -OCH3 is 1. The maximum absolute atomic E-state index is 5.90. The van der Waals surface area contributed by atoms with Crippen molar-refractivity contribution >= 4 is 0 Å². The SMILES string of the molecule is COCC(C)N1Cc2ccccc2CC1CN. The largest absolute Gasteiger partial charge is 0.383 e. The van der Waals surface area contributed by atoms with Crippen molar-refractivity contribution in [3.63, 3.8) is 0 Å². The van der Waals surface area contributed by atoms with E-state index in [1.54, 1.807) is 7.11 Å². The van der Waals surface area contributed by atoms with Crippen LogP contribution in [0, 0.1) is 0 Å². The quantitative estimate of drug-likeness (QED) is 0.856. The standard InChI is InChI=1S/C14H22N2O/c1-11(10-17-2)16-9-13-6-4-3-5-12(13)7-14(16)8-15/h3-6,11,14H,7-10,15H2,1-2H3. The minimum absolute atomic E-state index is 0.418. The van der Waals surface area contributed by atoms with Crippen LogP contribution in [0.2, 0.25) is 0 Å². The lowest BCUT2D eigenvalue weighted by atomic mass is 9.93. The summed E-state index contributed by atoms with van der Waals surface area (Å²) in [5.74, 6) is 0. The molecule has 3 nitrogen and oxygen atoms in total. The minimum atomic E-state index is 0.418. The number of nitrogens with two attached hydrogens (primary N) is 1. The fourth-order valence-electron chi connectivity index (χ4n) is 2.68. The third-order valence-electron chi connectivity index (χ3n) is 3.64. The maximum Gasteiger partial charge on any atom is 0.0615 e. The number of nitrogens with zero attached hydrogens (tertiary/aromatic N) is 1. The first kappa shape index (κ1) is 12.6. The molecule has 1 aromatic carbocycles. The summed E-state index contributed by atoms with van der Waals surface area (Å²) in [7, 11) is 1.76. The molecule has 2 rings (SSSR count). The third kappa shape index (κ3) is 2.68. The second-order valence-electron chi connectivity index (χ2n) is 4.84. The van der Waals surface area contributed by atoms with E-state index >= 15 is 0 Å². The fourth-order valence-corrected chi connectivity index (χ4v) is 2.68. The number of ether oxygens (including phenoxy) is 1. The van der Waals surface area contributed by atoms with Gasteiger partial charge in [-0.15, -0.1) is 0 Å². The zero-order valence-corrected chi connectivity index (χ0v) is 10.7. The van der Waals surface area contributed by atoms with Gasteiger partial charge in [0.1, 0.15) is 0 Å². The fraction of sp³-hybridized carbons (Fsp3) is 0.571. The summed E-state index contributed by atoms with van der Waals surface area (Å²) in [4.78, 5) is 2.46. The van der Waals surface area contributed by atoms with E-state index in [1.807, 2.05) is 0 Å². The first-order chi connectivity index (χ1) is 8.26. The molecule has 1 aliphatic heterocycles. The first-order valence-electron chi connectivity index (χ1n) is 6.27. The summed E-state index contributed by atoms with van der Waals surface area (Å²) in [6.07, 6.45) is 1.06. The lowest BCUT2D eigenvalue weighted by Gasteiger charge is -2.40. The van der Waals surface area contributed by atoms with Gasteiger partial charge in [-0.05, 0) is 24.5 Å². The van der Waals surface area contributed by atoms with Crippen LogP contribution in [0.25, 0.3) is 0 Å². The second kappa shape index (κ2) is 5.63. The molecule has 0 radical (unpaired) electrons. The summed E-state index contributed by atoms with van der Waals surface area (Å²) >= 11 is 0. The molecule has 0 fully saturated rings. The van der Waals surface area contributed by atoms with Gasteiger partial charge >= 0.3 is 0 Å². The van der Waals surface area contributed by atoms with Crippen molar-refractivity contribution in [2.45, 2.75) is 32.0 Å². The van der Waals surface area contributed by atoms with Crippen molar-refractivity contribution in [2.24, 2.45) is 5.73 Å². The van der Waals surface area contributed by atoms with Crippen LogP contribution in [0.1, 0.15) is 18.1 Å². The number of rotatable bonds is 4. The smallest absolute Gasteiger partial charge is 0.0615 e. The average Bonchev–Trinajstić information content (AvgIpc) is 2.37. The third-order valence-corrected chi connectivity index (χ3v) is 3.64. The van der Waals surface area contributed by atoms with Crippen molar-refractivity contribution in [1.29, 1.82) is 0 Å². The van der Waals surface area contributed by atoms with E-state index in [2.05, 4.69) is 36.1 Å². The molecule has 0 saturated heterocycles. The Bertz CT molecular complexity index is 367. The van der Waals surface area contributed by atoms with E-state index in [-0.39, 0.29) is 0 Å². The van der Waals surface area contributed by atoms with Crippen molar-refractivity contribution in [3.05, 3.63) is 35.4 Å². The normalized spacial score (nSPS) is 22.2. The van der Waals surface area contributed by atoms with Crippen LogP contribution < -0.4 is 5.73 Å². The Morgan fingerprint density at radius 3 is 2.76 bits per heavy atom. The highest BCUT2D eigenvalue weighted by atomic mass is 16.5. The van der Waals surface area contributed by atoms with Gasteiger partial charge in [0.25, 0.3) is 0 Å². The molecule has 0 spiro atoms. The molecule has 2 atom stereocenters. The van der Waals surface area contributed by atoms with Crippen LogP contribution in [-0.2, 0) is 17.7 Å². The molecular weight excluding hydrogens is 212 g/mol. The van der Waals surface area contributed by atoms with Crippen LogP contribution in [0.3, 0.4) is 0 Å². The Morgan fingerprint density at radius 1 is 1.41 bits per heavy atom. The number of benzene rings is 1. The molecule has 1 heterocycles. The summed E-state index contributed by atoms with van der Waals surface area (Å²) in [5, 5.41) is 0. The topological polar surface area (TPSA) is 38.5 Å². The second-order valence-corrected chi connectivity index (χ2v) is 4.84. The average molecular weight is 234 g/mol. The molecule has 0 aromatic heterocycles. The summed E-state index contributed by atoms with van der Waals surface area (Å²) in [6, 6.07) is 9.52. The van der Waals surface area contributed by atoms with Gasteiger partial charge in [0.15, 0.2) is 0 Å². The Morgan fingerprint density at radius 2 is 2.12 bits per heavy atom. The lowest BCUT2D eigenvalue weighted by molar-refractivity contribution is 0.0593. The van der Waals surface area contributed by atoms with Crippen LogP contribution >= 0.6 is 0 Å². The molecular formula is C14H22N2O. The van der Waals surface area contributed by atoms with Gasteiger partial charge in [0.2, 0.25) is 0 Å². The molecule has 2 N–H and O–H groups in total. The van der Waals surface area contributed by atoms with E-state index < -0.39 is 0 Å². The van der Waals surface area contributed by atoms with E-state index in [0.29, 0.717) is 18.6 Å². The van der Waals surface area contributed by atoms with Crippen LogP contribution in [0.5, 0.6) is 0 Å². The molecule has 3 heteroatoms. The molecule has 17 heavy (non-hydrogen) atoms. The van der Waals surface area contributed by atoms with E-state index in [9.17, 15) is 0 Å². The van der Waals surface area contributed by atoms with Crippen molar-refractivity contribution in [2.75, 3.05) is 20.3 Å². The van der Waals surface area contributed by atoms with Crippen molar-refractivity contribution in [1.82, 2.24) is 4.90 Å². The van der Waals surface area contributed by atoms with Crippen LogP contribution in [-0.4, -0.2) is 37.2 Å². The zero-order valence-electron chi connectivity index (χ0n) is 10.7. The highest BCUT2D eigenvalue weighted by molar-refractivity contribution is 5.30. The predicted octanol–water partition coefficient (Wildman–Crippen LogP) is 1.41. The number of hydrogen-bond donors (Lipinski definition) is 1. The molecule has 0 saturated carbocycles. The van der Waals surface area contributed by atoms with Crippen molar-refractivity contribution in [3.8, 4) is 0 Å². The van der Waals surface area contributed by atoms with E-state index in [1.165, 1.54) is 11.1 Å². The molecule has 94 valence electrons. The minimum Gasteiger partial charge on any atom is -0.383 e. The lowest BCUT2D eigenvalue weighted by Crippen LogP contribution is -2.50. The van der Waals surface area contributed by atoms with Gasteiger partial charge in [-0.1, -0.05) is 24.3 Å². The van der Waals surface area contributed by atoms with Gasteiger partial charge < -0.3 is 10.5 Å².